The lowest BCUT2D eigenvalue weighted by molar-refractivity contribution is 0.0326. The Morgan fingerprint density at radius 3 is 2.52 bits per heavy atom. The van der Waals surface area contributed by atoms with E-state index in [4.69, 9.17) is 0 Å². The first kappa shape index (κ1) is 16.6. The number of nitrogens with one attached hydrogen (secondary N) is 2. The fourth-order valence-corrected chi connectivity index (χ4v) is 4.72. The van der Waals surface area contributed by atoms with E-state index in [1.165, 1.54) is 64.5 Å². The molecule has 4 nitrogen and oxygen atoms in total. The molecule has 2 N–H and O–H groups in total. The molecule has 1 saturated heterocycles. The van der Waals surface area contributed by atoms with Crippen molar-refractivity contribution in [3.63, 3.8) is 0 Å². The van der Waals surface area contributed by atoms with Crippen molar-refractivity contribution in [2.45, 2.75) is 56.9 Å². The van der Waals surface area contributed by atoms with Gasteiger partial charge in [-0.25, -0.2) is 0 Å². The summed E-state index contributed by atoms with van der Waals surface area (Å²) < 4.78 is 0. The minimum Gasteiger partial charge on any atom is -0.351 e. The Kier molecular flexibility index (Phi) is 4.80. The van der Waals surface area contributed by atoms with Gasteiger partial charge in [-0.3, -0.25) is 9.69 Å². The van der Waals surface area contributed by atoms with Crippen LogP contribution in [0.3, 0.4) is 0 Å². The van der Waals surface area contributed by atoms with E-state index < -0.39 is 0 Å². The second-order valence-electron chi connectivity index (χ2n) is 7.79. The number of hydrogen-bond donors (Lipinski definition) is 2. The maximum absolute atomic E-state index is 12.7. The van der Waals surface area contributed by atoms with Gasteiger partial charge in [0, 0.05) is 23.0 Å². The molecule has 0 bridgehead atoms. The molecule has 2 heterocycles. The molecule has 25 heavy (non-hydrogen) atoms. The van der Waals surface area contributed by atoms with Crippen molar-refractivity contribution in [3.8, 4) is 0 Å². The van der Waals surface area contributed by atoms with Crippen LogP contribution in [-0.4, -0.2) is 41.0 Å². The molecule has 1 aromatic heterocycles. The van der Waals surface area contributed by atoms with Gasteiger partial charge in [-0.2, -0.15) is 0 Å². The van der Waals surface area contributed by atoms with Crippen LogP contribution < -0.4 is 5.32 Å². The Labute approximate surface area is 150 Å². The van der Waals surface area contributed by atoms with Crippen molar-refractivity contribution in [1.82, 2.24) is 15.2 Å². The molecular weight excluding hydrogens is 310 g/mol. The van der Waals surface area contributed by atoms with Gasteiger partial charge in [0.25, 0.3) is 5.91 Å². The minimum atomic E-state index is 0.0261. The molecule has 2 fully saturated rings. The van der Waals surface area contributed by atoms with E-state index in [2.05, 4.69) is 15.2 Å². The molecule has 0 radical (unpaired) electrons. The van der Waals surface area contributed by atoms with E-state index >= 15 is 0 Å². The third-order valence-electron chi connectivity index (χ3n) is 6.16. The van der Waals surface area contributed by atoms with Crippen molar-refractivity contribution in [1.29, 1.82) is 0 Å². The summed E-state index contributed by atoms with van der Waals surface area (Å²) in [5, 5.41) is 4.35. The first-order valence-electron chi connectivity index (χ1n) is 9.88. The monoisotopic (exact) mass is 339 g/mol. The van der Waals surface area contributed by atoms with Crippen molar-refractivity contribution < 1.29 is 4.79 Å². The average Bonchev–Trinajstić information content (AvgIpc) is 3.12. The number of aromatic nitrogens is 1. The van der Waals surface area contributed by atoms with Gasteiger partial charge in [-0.15, -0.1) is 0 Å². The van der Waals surface area contributed by atoms with Crippen LogP contribution in [0.15, 0.2) is 30.3 Å². The van der Waals surface area contributed by atoms with Crippen molar-refractivity contribution in [3.05, 3.63) is 36.0 Å². The second kappa shape index (κ2) is 7.20. The SMILES string of the molecule is O=C(NCC1(N2CCCCC2)CCCCC1)c1cc2ccccc2[nH]1. The first-order valence-corrected chi connectivity index (χ1v) is 9.88. The Balaban J connectivity index is 1.47. The lowest BCUT2D eigenvalue weighted by Gasteiger charge is -2.48. The van der Waals surface area contributed by atoms with Crippen LogP contribution in [0.25, 0.3) is 10.9 Å². The fourth-order valence-electron chi connectivity index (χ4n) is 4.72. The number of para-hydroxylation sites is 1. The minimum absolute atomic E-state index is 0.0261. The maximum Gasteiger partial charge on any atom is 0.267 e. The summed E-state index contributed by atoms with van der Waals surface area (Å²) in [4.78, 5) is 18.7. The van der Waals surface area contributed by atoms with E-state index in [-0.39, 0.29) is 11.4 Å². The van der Waals surface area contributed by atoms with Crippen LogP contribution in [0.1, 0.15) is 61.9 Å². The fraction of sp³-hybridized carbons (Fsp3) is 0.571. The topological polar surface area (TPSA) is 48.1 Å². The first-order chi connectivity index (χ1) is 12.3. The number of carbonyl (C=O) groups excluding carboxylic acids is 1. The number of fused-ring (bicyclic) bond motifs is 1. The Morgan fingerprint density at radius 1 is 1.04 bits per heavy atom. The number of hydrogen-bond acceptors (Lipinski definition) is 2. The van der Waals surface area contributed by atoms with Crippen LogP contribution in [0.4, 0.5) is 0 Å². The molecule has 0 unspecified atom stereocenters. The highest BCUT2D eigenvalue weighted by Gasteiger charge is 2.38. The zero-order chi connectivity index (χ0) is 17.1. The van der Waals surface area contributed by atoms with Crippen molar-refractivity contribution in [2.24, 2.45) is 0 Å². The smallest absolute Gasteiger partial charge is 0.267 e. The molecule has 4 rings (SSSR count). The molecule has 2 aromatic rings. The number of aromatic amines is 1. The molecule has 1 aliphatic heterocycles. The molecule has 4 heteroatoms. The Morgan fingerprint density at radius 2 is 1.76 bits per heavy atom. The molecule has 0 spiro atoms. The van der Waals surface area contributed by atoms with Gasteiger partial charge in [0.05, 0.1) is 0 Å². The molecule has 1 saturated carbocycles. The van der Waals surface area contributed by atoms with Gasteiger partial charge < -0.3 is 10.3 Å². The van der Waals surface area contributed by atoms with Crippen LogP contribution in [-0.2, 0) is 0 Å². The van der Waals surface area contributed by atoms with Gasteiger partial charge in [0.2, 0.25) is 0 Å². The summed E-state index contributed by atoms with van der Waals surface area (Å²) >= 11 is 0. The summed E-state index contributed by atoms with van der Waals surface area (Å²) in [6, 6.07) is 10.0. The zero-order valence-electron chi connectivity index (χ0n) is 15.0. The highest BCUT2D eigenvalue weighted by Crippen LogP contribution is 2.35. The number of piperidine rings is 1. The van der Waals surface area contributed by atoms with Crippen molar-refractivity contribution >= 4 is 16.8 Å². The zero-order valence-corrected chi connectivity index (χ0v) is 15.0. The number of carbonyl (C=O) groups is 1. The lowest BCUT2D eigenvalue weighted by Crippen LogP contribution is -2.58. The van der Waals surface area contributed by atoms with Gasteiger partial charge in [-0.05, 0) is 50.9 Å². The van der Waals surface area contributed by atoms with Crippen LogP contribution in [0.2, 0.25) is 0 Å². The highest BCUT2D eigenvalue weighted by atomic mass is 16.1. The molecule has 1 amide bonds. The third kappa shape index (κ3) is 3.45. The van der Waals surface area contributed by atoms with Gasteiger partial charge in [0.1, 0.15) is 5.69 Å². The van der Waals surface area contributed by atoms with E-state index in [0.717, 1.165) is 17.4 Å². The summed E-state index contributed by atoms with van der Waals surface area (Å²) in [7, 11) is 0. The van der Waals surface area contributed by atoms with E-state index in [1.54, 1.807) is 0 Å². The average molecular weight is 339 g/mol. The number of rotatable bonds is 4. The number of H-pyrrole nitrogens is 1. The molecule has 0 atom stereocenters. The number of nitrogens with zero attached hydrogens (tertiary/aromatic N) is 1. The number of benzene rings is 1. The highest BCUT2D eigenvalue weighted by molar-refractivity contribution is 5.98. The number of amides is 1. The normalized spacial score (nSPS) is 21.3. The van der Waals surface area contributed by atoms with Crippen LogP contribution >= 0.6 is 0 Å². The van der Waals surface area contributed by atoms with Crippen LogP contribution in [0, 0.1) is 0 Å². The molecule has 134 valence electrons. The van der Waals surface area contributed by atoms with Gasteiger partial charge in [-0.1, -0.05) is 43.9 Å². The van der Waals surface area contributed by atoms with E-state index in [0.29, 0.717) is 5.69 Å². The molecule has 2 aliphatic rings. The molecule has 1 aliphatic carbocycles. The lowest BCUT2D eigenvalue weighted by atomic mass is 9.79. The Hall–Kier alpha value is -1.81. The second-order valence-corrected chi connectivity index (χ2v) is 7.79. The third-order valence-corrected chi connectivity index (χ3v) is 6.16. The summed E-state index contributed by atoms with van der Waals surface area (Å²) in [5.41, 5.74) is 1.88. The summed E-state index contributed by atoms with van der Waals surface area (Å²) in [6.45, 7) is 3.17. The summed E-state index contributed by atoms with van der Waals surface area (Å²) in [5.74, 6) is 0.0261. The molecular formula is C21H29N3O. The van der Waals surface area contributed by atoms with E-state index in [9.17, 15) is 4.79 Å². The molecule has 1 aromatic carbocycles. The number of likely N-dealkylation sites (tertiary alicyclic amines) is 1. The van der Waals surface area contributed by atoms with Crippen LogP contribution in [0.5, 0.6) is 0 Å². The van der Waals surface area contributed by atoms with E-state index in [1.807, 2.05) is 30.3 Å². The predicted octanol–water partition coefficient (Wildman–Crippen LogP) is 4.09. The van der Waals surface area contributed by atoms with Gasteiger partial charge in [0.15, 0.2) is 0 Å². The standard InChI is InChI=1S/C21H29N3O/c25-20(19-15-17-9-3-4-10-18(17)23-19)22-16-21(11-5-1-6-12-21)24-13-7-2-8-14-24/h3-4,9-10,15,23H,1-2,5-8,11-14,16H2,(H,22,25). The van der Waals surface area contributed by atoms with Crippen molar-refractivity contribution in [2.75, 3.05) is 19.6 Å². The predicted molar refractivity (Wildman–Crippen MR) is 102 cm³/mol. The van der Waals surface area contributed by atoms with Gasteiger partial charge >= 0.3 is 0 Å². The summed E-state index contributed by atoms with van der Waals surface area (Å²) in [6.07, 6.45) is 10.3. The maximum atomic E-state index is 12.7. The largest absolute Gasteiger partial charge is 0.351 e. The Bertz CT molecular complexity index is 691. The quantitative estimate of drug-likeness (QED) is 0.881.